The van der Waals surface area contributed by atoms with Crippen LogP contribution in [0.1, 0.15) is 17.0 Å². The second-order valence-corrected chi connectivity index (χ2v) is 7.90. The molecule has 164 valence electrons. The fourth-order valence-electron chi connectivity index (χ4n) is 3.44. The number of aliphatic carboxylic acids is 1. The highest BCUT2D eigenvalue weighted by molar-refractivity contribution is 8.18. The van der Waals surface area contributed by atoms with E-state index >= 15 is 0 Å². The van der Waals surface area contributed by atoms with Gasteiger partial charge in [-0.2, -0.15) is 13.2 Å². The molecular formula is C21H14F3N3O4S. The Morgan fingerprint density at radius 3 is 2.56 bits per heavy atom. The van der Waals surface area contributed by atoms with Crippen molar-refractivity contribution in [1.82, 2.24) is 5.32 Å². The first kappa shape index (κ1) is 21.6. The van der Waals surface area contributed by atoms with E-state index in [4.69, 9.17) is 5.11 Å². The van der Waals surface area contributed by atoms with Crippen molar-refractivity contribution < 1.29 is 32.7 Å². The van der Waals surface area contributed by atoms with Crippen molar-refractivity contribution in [1.29, 1.82) is 0 Å². The Bertz CT molecular complexity index is 1190. The van der Waals surface area contributed by atoms with Crippen LogP contribution >= 0.6 is 11.8 Å². The van der Waals surface area contributed by atoms with Crippen LogP contribution in [0.3, 0.4) is 0 Å². The number of thioether (sulfide) groups is 1. The molecule has 1 fully saturated rings. The fourth-order valence-corrected chi connectivity index (χ4v) is 4.29. The number of para-hydroxylation sites is 2. The maximum absolute atomic E-state index is 13.2. The number of amidine groups is 1. The number of nitrogens with zero attached hydrogens (tertiary/aromatic N) is 2. The monoisotopic (exact) mass is 461 g/mol. The maximum Gasteiger partial charge on any atom is 0.418 e. The largest absolute Gasteiger partial charge is 0.480 e. The molecule has 0 aliphatic carbocycles. The van der Waals surface area contributed by atoms with Gasteiger partial charge in [-0.15, -0.1) is 0 Å². The van der Waals surface area contributed by atoms with Gasteiger partial charge in [0, 0.05) is 5.69 Å². The van der Waals surface area contributed by atoms with E-state index in [9.17, 15) is 27.6 Å². The Morgan fingerprint density at radius 1 is 1.16 bits per heavy atom. The summed E-state index contributed by atoms with van der Waals surface area (Å²) in [7, 11) is 0. The van der Waals surface area contributed by atoms with Crippen LogP contribution in [-0.2, 0) is 20.6 Å². The molecule has 2 amide bonds. The van der Waals surface area contributed by atoms with Gasteiger partial charge in [-0.05, 0) is 41.6 Å². The van der Waals surface area contributed by atoms with E-state index in [0.717, 1.165) is 22.7 Å². The Labute approximate surface area is 183 Å². The standard InChI is InChI=1S/C21H14F3N3O4S/c22-21(23,24)13-6-2-3-7-14(13)25-20-26-18(30)16(32-20)9-12-11-5-1-4-8-15(11)27(19(12)31)10-17(28)29/h1-9,12H,10H2,(H,28,29)(H,25,26,30)/b16-9-. The van der Waals surface area contributed by atoms with Crippen LogP contribution in [0.2, 0.25) is 0 Å². The van der Waals surface area contributed by atoms with Crippen LogP contribution in [0, 0.1) is 0 Å². The molecule has 1 atom stereocenters. The molecule has 2 aliphatic heterocycles. The molecule has 4 rings (SSSR count). The summed E-state index contributed by atoms with van der Waals surface area (Å²) in [5.41, 5.74) is -0.325. The lowest BCUT2D eigenvalue weighted by Crippen LogP contribution is -2.33. The predicted octanol–water partition coefficient (Wildman–Crippen LogP) is 3.65. The molecule has 0 radical (unpaired) electrons. The van der Waals surface area contributed by atoms with E-state index in [0.29, 0.717) is 11.3 Å². The molecule has 2 N–H and O–H groups in total. The second-order valence-electron chi connectivity index (χ2n) is 6.87. The Morgan fingerprint density at radius 2 is 1.84 bits per heavy atom. The molecule has 0 spiro atoms. The van der Waals surface area contributed by atoms with Gasteiger partial charge in [0.15, 0.2) is 5.17 Å². The van der Waals surface area contributed by atoms with Gasteiger partial charge < -0.3 is 15.3 Å². The van der Waals surface area contributed by atoms with Crippen molar-refractivity contribution in [3.05, 3.63) is 70.6 Å². The molecule has 0 bridgehead atoms. The van der Waals surface area contributed by atoms with Crippen LogP contribution in [0.4, 0.5) is 24.5 Å². The number of rotatable bonds is 4. The van der Waals surface area contributed by atoms with Crippen LogP contribution in [-0.4, -0.2) is 34.6 Å². The number of carboxylic acid groups (broad SMARTS) is 1. The average Bonchev–Trinajstić information content (AvgIpc) is 3.19. The number of halogens is 3. The summed E-state index contributed by atoms with van der Waals surface area (Å²) in [6.07, 6.45) is -3.23. The third-order valence-corrected chi connectivity index (χ3v) is 5.72. The van der Waals surface area contributed by atoms with Crippen LogP contribution in [0.5, 0.6) is 0 Å². The number of benzene rings is 2. The molecule has 2 aromatic carbocycles. The normalized spacial score (nSPS) is 20.7. The topological polar surface area (TPSA) is 99.1 Å². The summed E-state index contributed by atoms with van der Waals surface area (Å²) in [5, 5.41) is 11.5. The number of fused-ring (bicyclic) bond motifs is 1. The van der Waals surface area contributed by atoms with E-state index in [1.165, 1.54) is 24.3 Å². The van der Waals surface area contributed by atoms with E-state index in [2.05, 4.69) is 10.3 Å². The molecule has 7 nitrogen and oxygen atoms in total. The first-order valence-electron chi connectivity index (χ1n) is 9.23. The molecular weight excluding hydrogens is 447 g/mol. The second kappa shape index (κ2) is 8.15. The van der Waals surface area contributed by atoms with Gasteiger partial charge in [0.05, 0.1) is 22.1 Å². The summed E-state index contributed by atoms with van der Waals surface area (Å²) in [6.45, 7) is -0.532. The highest BCUT2D eigenvalue weighted by atomic mass is 32.2. The summed E-state index contributed by atoms with van der Waals surface area (Å²) in [6, 6.07) is 11.3. The highest BCUT2D eigenvalue weighted by Gasteiger charge is 2.39. The number of alkyl halides is 3. The number of carbonyl (C=O) groups excluding carboxylic acids is 2. The number of amides is 2. The van der Waals surface area contributed by atoms with Gasteiger partial charge in [-0.1, -0.05) is 30.3 Å². The third kappa shape index (κ3) is 4.11. The van der Waals surface area contributed by atoms with E-state index in [1.807, 2.05) is 0 Å². The Hall–Kier alpha value is -3.60. The average molecular weight is 461 g/mol. The van der Waals surface area contributed by atoms with Gasteiger partial charge in [-0.3, -0.25) is 14.4 Å². The summed E-state index contributed by atoms with van der Waals surface area (Å²) in [4.78, 5) is 41.5. The Balaban J connectivity index is 1.65. The van der Waals surface area contributed by atoms with Crippen molar-refractivity contribution >= 4 is 46.1 Å². The molecule has 0 saturated carbocycles. The minimum absolute atomic E-state index is 0.0564. The zero-order valence-electron chi connectivity index (χ0n) is 16.1. The lowest BCUT2D eigenvalue weighted by atomic mass is 10.0. The van der Waals surface area contributed by atoms with Crippen molar-refractivity contribution in [2.24, 2.45) is 4.99 Å². The summed E-state index contributed by atoms with van der Waals surface area (Å²) < 4.78 is 39.6. The minimum Gasteiger partial charge on any atom is -0.480 e. The van der Waals surface area contributed by atoms with Crippen molar-refractivity contribution in [3.63, 3.8) is 0 Å². The lowest BCUT2D eigenvalue weighted by molar-refractivity contribution is -0.137. The van der Waals surface area contributed by atoms with Gasteiger partial charge in [0.1, 0.15) is 6.54 Å². The zero-order valence-corrected chi connectivity index (χ0v) is 16.9. The van der Waals surface area contributed by atoms with E-state index in [-0.39, 0.29) is 15.8 Å². The van der Waals surface area contributed by atoms with Crippen LogP contribution in [0.15, 0.2) is 64.5 Å². The molecule has 2 aliphatic rings. The number of anilines is 1. The zero-order chi connectivity index (χ0) is 23.0. The molecule has 2 aromatic rings. The van der Waals surface area contributed by atoms with Gasteiger partial charge in [0.2, 0.25) is 5.91 Å². The predicted molar refractivity (Wildman–Crippen MR) is 112 cm³/mol. The van der Waals surface area contributed by atoms with Gasteiger partial charge in [0.25, 0.3) is 5.91 Å². The van der Waals surface area contributed by atoms with Gasteiger partial charge >= 0.3 is 12.1 Å². The van der Waals surface area contributed by atoms with E-state index in [1.54, 1.807) is 24.3 Å². The van der Waals surface area contributed by atoms with Crippen LogP contribution in [0.25, 0.3) is 0 Å². The number of hydrogen-bond acceptors (Lipinski definition) is 5. The third-order valence-electron chi connectivity index (χ3n) is 4.79. The SMILES string of the molecule is O=C(O)CN1C(=O)C(/C=C2\SC(=Nc3ccccc3C(F)(F)F)NC2=O)c2ccccc21. The number of carboxylic acids is 1. The number of nitrogens with one attached hydrogen (secondary N) is 1. The molecule has 32 heavy (non-hydrogen) atoms. The Kier molecular flexibility index (Phi) is 5.51. The maximum atomic E-state index is 13.2. The number of hydrogen-bond donors (Lipinski definition) is 2. The summed E-state index contributed by atoms with van der Waals surface area (Å²) >= 11 is 0.808. The molecule has 2 heterocycles. The smallest absolute Gasteiger partial charge is 0.418 e. The molecule has 1 unspecified atom stereocenters. The van der Waals surface area contributed by atoms with Crippen molar-refractivity contribution in [2.45, 2.75) is 12.1 Å². The quantitative estimate of drug-likeness (QED) is 0.678. The fraction of sp³-hybridized carbons (Fsp3) is 0.143. The van der Waals surface area contributed by atoms with E-state index < -0.39 is 42.0 Å². The molecule has 1 saturated heterocycles. The van der Waals surface area contributed by atoms with Crippen LogP contribution < -0.4 is 10.2 Å². The first-order valence-corrected chi connectivity index (χ1v) is 10.0. The first-order chi connectivity index (χ1) is 15.1. The lowest BCUT2D eigenvalue weighted by Gasteiger charge is -2.14. The molecule has 11 heteroatoms. The number of carbonyl (C=O) groups is 3. The number of aliphatic imine (C=N–C) groups is 1. The van der Waals surface area contributed by atoms with Crippen molar-refractivity contribution in [2.75, 3.05) is 11.4 Å². The molecule has 0 aromatic heterocycles. The summed E-state index contributed by atoms with van der Waals surface area (Å²) in [5.74, 6) is -3.21. The highest BCUT2D eigenvalue weighted by Crippen LogP contribution is 2.41. The minimum atomic E-state index is -4.61. The van der Waals surface area contributed by atoms with Crippen molar-refractivity contribution in [3.8, 4) is 0 Å². The van der Waals surface area contributed by atoms with Gasteiger partial charge in [-0.25, -0.2) is 4.99 Å².